The maximum absolute atomic E-state index is 10.6. The Hall–Kier alpha value is -0.0800. The number of rotatable bonds is 5. The first-order chi connectivity index (χ1) is 10.0. The molecular formula is C19H33NO. The molecule has 2 nitrogen and oxygen atoms in total. The Morgan fingerprint density at radius 2 is 1.48 bits per heavy atom. The number of likely N-dealkylation sites (N-methyl/N-ethyl adjacent to an activating group) is 1. The van der Waals surface area contributed by atoms with Gasteiger partial charge in [-0.3, -0.25) is 0 Å². The van der Waals surface area contributed by atoms with E-state index in [4.69, 9.17) is 0 Å². The first kappa shape index (κ1) is 14.5. The Morgan fingerprint density at radius 1 is 0.952 bits per heavy atom. The highest BCUT2D eigenvalue weighted by molar-refractivity contribution is 5.01. The van der Waals surface area contributed by atoms with Gasteiger partial charge in [0.25, 0.3) is 0 Å². The van der Waals surface area contributed by atoms with E-state index in [2.05, 4.69) is 11.9 Å². The van der Waals surface area contributed by atoms with Gasteiger partial charge < -0.3 is 10.0 Å². The van der Waals surface area contributed by atoms with Gasteiger partial charge >= 0.3 is 0 Å². The minimum absolute atomic E-state index is 0.365. The molecule has 0 heterocycles. The third-order valence-corrected chi connectivity index (χ3v) is 7.29. The molecule has 0 atom stereocenters. The molecule has 120 valence electrons. The number of hydrogen-bond donors (Lipinski definition) is 1. The van der Waals surface area contributed by atoms with Crippen LogP contribution in [0.25, 0.3) is 0 Å². The fourth-order valence-electron chi connectivity index (χ4n) is 6.80. The highest BCUT2D eigenvalue weighted by atomic mass is 16.3. The largest absolute Gasteiger partial charge is 0.389 e. The first-order valence-corrected chi connectivity index (χ1v) is 9.45. The van der Waals surface area contributed by atoms with E-state index in [1.54, 1.807) is 19.3 Å². The van der Waals surface area contributed by atoms with Crippen molar-refractivity contribution >= 4 is 0 Å². The van der Waals surface area contributed by atoms with Gasteiger partial charge in [-0.05, 0) is 94.5 Å². The average molecular weight is 291 g/mol. The molecule has 0 aromatic heterocycles. The van der Waals surface area contributed by atoms with Crippen LogP contribution in [0.2, 0.25) is 0 Å². The smallest absolute Gasteiger partial charge is 0.0774 e. The van der Waals surface area contributed by atoms with Crippen LogP contribution in [0, 0.1) is 23.2 Å². The summed E-state index contributed by atoms with van der Waals surface area (Å²) < 4.78 is 0. The summed E-state index contributed by atoms with van der Waals surface area (Å²) >= 11 is 0. The van der Waals surface area contributed by atoms with Crippen molar-refractivity contribution in [2.24, 2.45) is 23.2 Å². The summed E-state index contributed by atoms with van der Waals surface area (Å²) in [4.78, 5) is 2.43. The van der Waals surface area contributed by atoms with Gasteiger partial charge in [-0.1, -0.05) is 12.8 Å². The summed E-state index contributed by atoms with van der Waals surface area (Å²) in [5.41, 5.74) is 0.331. The number of hydrogen-bond acceptors (Lipinski definition) is 2. The lowest BCUT2D eigenvalue weighted by molar-refractivity contribution is -0.0633. The maximum atomic E-state index is 10.6. The molecule has 0 unspecified atom stereocenters. The van der Waals surface area contributed by atoms with E-state index in [1.165, 1.54) is 45.1 Å². The summed E-state index contributed by atoms with van der Waals surface area (Å²) in [6, 6.07) is 0. The van der Waals surface area contributed by atoms with E-state index in [-0.39, 0.29) is 5.60 Å². The van der Waals surface area contributed by atoms with Crippen LogP contribution >= 0.6 is 0 Å². The summed E-state index contributed by atoms with van der Waals surface area (Å²) in [6.45, 7) is 2.10. The van der Waals surface area contributed by atoms with Crippen molar-refractivity contribution in [3.63, 3.8) is 0 Å². The van der Waals surface area contributed by atoms with Gasteiger partial charge in [-0.15, -0.1) is 0 Å². The summed E-state index contributed by atoms with van der Waals surface area (Å²) in [5, 5.41) is 10.6. The minimum Gasteiger partial charge on any atom is -0.389 e. The van der Waals surface area contributed by atoms with Crippen molar-refractivity contribution in [3.8, 4) is 0 Å². The van der Waals surface area contributed by atoms with Gasteiger partial charge in [0.15, 0.2) is 0 Å². The van der Waals surface area contributed by atoms with Crippen molar-refractivity contribution in [1.82, 2.24) is 4.90 Å². The lowest BCUT2D eigenvalue weighted by Crippen LogP contribution is -2.48. The SMILES string of the molecule is CN(CCC12CC3CC(CC(C3)C1)C2)CC1(O)CCCC1. The molecule has 0 saturated heterocycles. The monoisotopic (exact) mass is 291 g/mol. The fraction of sp³-hybridized carbons (Fsp3) is 1.00. The van der Waals surface area contributed by atoms with E-state index >= 15 is 0 Å². The molecule has 5 aliphatic rings. The van der Waals surface area contributed by atoms with Crippen molar-refractivity contribution < 1.29 is 5.11 Å². The lowest BCUT2D eigenvalue weighted by Gasteiger charge is -2.57. The zero-order valence-corrected chi connectivity index (χ0v) is 13.8. The van der Waals surface area contributed by atoms with Crippen molar-refractivity contribution in [2.75, 3.05) is 20.1 Å². The van der Waals surface area contributed by atoms with Crippen LogP contribution in [0.4, 0.5) is 0 Å². The summed E-state index contributed by atoms with van der Waals surface area (Å²) in [7, 11) is 2.23. The maximum Gasteiger partial charge on any atom is 0.0774 e. The summed E-state index contributed by atoms with van der Waals surface area (Å²) in [5.74, 6) is 3.21. The van der Waals surface area contributed by atoms with Crippen LogP contribution in [0.15, 0.2) is 0 Å². The van der Waals surface area contributed by atoms with Gasteiger partial charge in [0.1, 0.15) is 0 Å². The van der Waals surface area contributed by atoms with E-state index in [0.717, 1.165) is 37.1 Å². The van der Waals surface area contributed by atoms with Crippen LogP contribution in [-0.2, 0) is 0 Å². The normalized spacial score (nSPS) is 43.9. The fourth-order valence-corrected chi connectivity index (χ4v) is 6.80. The molecule has 4 bridgehead atoms. The van der Waals surface area contributed by atoms with Gasteiger partial charge in [0.2, 0.25) is 0 Å². The second kappa shape index (κ2) is 5.23. The highest BCUT2D eigenvalue weighted by Crippen LogP contribution is 2.61. The van der Waals surface area contributed by atoms with Crippen LogP contribution in [0.3, 0.4) is 0 Å². The molecule has 1 N–H and O–H groups in total. The third-order valence-electron chi connectivity index (χ3n) is 7.29. The molecule has 2 heteroatoms. The number of nitrogens with zero attached hydrogens (tertiary/aromatic N) is 1. The molecule has 5 saturated carbocycles. The van der Waals surface area contributed by atoms with Crippen LogP contribution in [0.1, 0.15) is 70.6 Å². The predicted octanol–water partition coefficient (Wildman–Crippen LogP) is 3.83. The Balaban J connectivity index is 1.32. The zero-order chi connectivity index (χ0) is 14.5. The summed E-state index contributed by atoms with van der Waals surface area (Å²) in [6.07, 6.45) is 15.1. The Labute approximate surface area is 130 Å². The second-order valence-electron chi connectivity index (χ2n) is 9.34. The number of aliphatic hydroxyl groups is 1. The van der Waals surface area contributed by atoms with E-state index in [1.807, 2.05) is 0 Å². The minimum atomic E-state index is -0.365. The van der Waals surface area contributed by atoms with Crippen LogP contribution in [-0.4, -0.2) is 35.7 Å². The molecule has 21 heavy (non-hydrogen) atoms. The molecular weight excluding hydrogens is 258 g/mol. The zero-order valence-electron chi connectivity index (χ0n) is 13.8. The highest BCUT2D eigenvalue weighted by Gasteiger charge is 2.50. The molecule has 5 fully saturated rings. The van der Waals surface area contributed by atoms with E-state index in [0.29, 0.717) is 5.41 Å². The molecule has 5 aliphatic carbocycles. The molecule has 0 aromatic rings. The molecule has 0 aliphatic heterocycles. The molecule has 5 rings (SSSR count). The first-order valence-electron chi connectivity index (χ1n) is 9.45. The standard InChI is InChI=1S/C19H33NO/c1-20(14-19(21)4-2-3-5-19)7-6-18-11-15-8-16(12-18)10-17(9-15)13-18/h15-17,21H,2-14H2,1H3. The Kier molecular flexibility index (Phi) is 3.61. The third kappa shape index (κ3) is 2.91. The molecule has 0 radical (unpaired) electrons. The van der Waals surface area contributed by atoms with Crippen molar-refractivity contribution in [2.45, 2.75) is 76.2 Å². The average Bonchev–Trinajstić information content (AvgIpc) is 2.81. The Bertz CT molecular complexity index is 350. The quantitative estimate of drug-likeness (QED) is 0.832. The van der Waals surface area contributed by atoms with Crippen molar-refractivity contribution in [3.05, 3.63) is 0 Å². The molecule has 0 amide bonds. The molecule has 0 aromatic carbocycles. The van der Waals surface area contributed by atoms with Gasteiger partial charge in [-0.2, -0.15) is 0 Å². The van der Waals surface area contributed by atoms with Crippen LogP contribution < -0.4 is 0 Å². The lowest BCUT2D eigenvalue weighted by atomic mass is 9.49. The van der Waals surface area contributed by atoms with E-state index in [9.17, 15) is 5.11 Å². The predicted molar refractivity (Wildman–Crippen MR) is 86.1 cm³/mol. The molecule has 0 spiro atoms. The second-order valence-corrected chi connectivity index (χ2v) is 9.34. The van der Waals surface area contributed by atoms with E-state index < -0.39 is 0 Å². The van der Waals surface area contributed by atoms with Gasteiger partial charge in [0.05, 0.1) is 5.60 Å². The van der Waals surface area contributed by atoms with Crippen molar-refractivity contribution in [1.29, 1.82) is 0 Å². The Morgan fingerprint density at radius 3 is 2.00 bits per heavy atom. The van der Waals surface area contributed by atoms with Gasteiger partial charge in [-0.25, -0.2) is 0 Å². The van der Waals surface area contributed by atoms with Crippen LogP contribution in [0.5, 0.6) is 0 Å². The van der Waals surface area contributed by atoms with Gasteiger partial charge in [0, 0.05) is 6.54 Å². The topological polar surface area (TPSA) is 23.5 Å².